The zero-order valence-corrected chi connectivity index (χ0v) is 7.05. The summed E-state index contributed by atoms with van der Waals surface area (Å²) in [5.41, 5.74) is 5.99. The molecule has 0 aliphatic rings. The van der Waals surface area contributed by atoms with Gasteiger partial charge in [-0.3, -0.25) is 16.2 Å². The smallest absolute Gasteiger partial charge is 0.279 e. The van der Waals surface area contributed by atoms with E-state index in [1.807, 2.05) is 42.9 Å². The van der Waals surface area contributed by atoms with Crippen molar-refractivity contribution in [2.45, 2.75) is 0 Å². The molecule has 0 radical (unpaired) electrons. The summed E-state index contributed by atoms with van der Waals surface area (Å²) in [6.45, 7) is 0. The van der Waals surface area contributed by atoms with Gasteiger partial charge < -0.3 is 0 Å². The van der Waals surface area contributed by atoms with Crippen molar-refractivity contribution in [3.05, 3.63) is 12.4 Å². The Morgan fingerprint density at radius 1 is 1.36 bits per heavy atom. The van der Waals surface area contributed by atoms with Crippen LogP contribution in [0.2, 0.25) is 0 Å². The van der Waals surface area contributed by atoms with E-state index in [2.05, 4.69) is 16.2 Å². The molecule has 0 atom stereocenters. The van der Waals surface area contributed by atoms with Crippen LogP contribution in [-0.4, -0.2) is 25.8 Å². The minimum absolute atomic E-state index is 0.954. The van der Waals surface area contributed by atoms with E-state index in [1.54, 1.807) is 0 Å². The van der Waals surface area contributed by atoms with E-state index in [-0.39, 0.29) is 0 Å². The van der Waals surface area contributed by atoms with Crippen LogP contribution in [0.1, 0.15) is 0 Å². The quantitative estimate of drug-likeness (QED) is 0.500. The molecule has 1 aromatic heterocycles. The van der Waals surface area contributed by atoms with E-state index in [0.29, 0.717) is 0 Å². The molecule has 62 valence electrons. The Balaban J connectivity index is 2.99. The Morgan fingerprint density at radius 3 is 2.55 bits per heavy atom. The van der Waals surface area contributed by atoms with Gasteiger partial charge >= 0.3 is 5.95 Å². The van der Waals surface area contributed by atoms with Crippen LogP contribution in [0.3, 0.4) is 0 Å². The second-order valence-electron chi connectivity index (χ2n) is 2.06. The lowest BCUT2D eigenvalue weighted by Gasteiger charge is -2.01. The molecule has 0 saturated carbocycles. The van der Waals surface area contributed by atoms with Crippen LogP contribution >= 0.6 is 0 Å². The lowest BCUT2D eigenvalue weighted by molar-refractivity contribution is -0.632. The molecular weight excluding hydrogens is 142 g/mol. The van der Waals surface area contributed by atoms with Crippen molar-refractivity contribution in [1.29, 1.82) is 0 Å². The van der Waals surface area contributed by atoms with E-state index in [0.717, 1.165) is 5.95 Å². The summed E-state index contributed by atoms with van der Waals surface area (Å²) in [6, 6.07) is 0. The fourth-order valence-corrected chi connectivity index (χ4v) is 0.992. The summed E-state index contributed by atoms with van der Waals surface area (Å²) in [6.07, 6.45) is 3.84. The Bertz CT molecular complexity index is 207. The van der Waals surface area contributed by atoms with Gasteiger partial charge in [0.25, 0.3) is 0 Å². The van der Waals surface area contributed by atoms with Crippen LogP contribution in [0.4, 0.5) is 5.95 Å². The molecule has 0 fully saturated rings. The molecule has 0 spiro atoms. The second kappa shape index (κ2) is 3.14. The van der Waals surface area contributed by atoms with Crippen LogP contribution in [0.5, 0.6) is 0 Å². The first kappa shape index (κ1) is 7.71. The Kier molecular flexibility index (Phi) is 2.20. The Morgan fingerprint density at radius 2 is 2.09 bits per heavy atom. The summed E-state index contributed by atoms with van der Waals surface area (Å²) in [4.78, 5) is 0. The molecule has 0 aliphatic carbocycles. The van der Waals surface area contributed by atoms with Crippen molar-refractivity contribution in [3.8, 4) is 0 Å². The van der Waals surface area contributed by atoms with Gasteiger partial charge in [-0.05, 0) is 0 Å². The third-order valence-electron chi connectivity index (χ3n) is 1.53. The van der Waals surface area contributed by atoms with Crippen LogP contribution in [-0.2, 0) is 0 Å². The van der Waals surface area contributed by atoms with E-state index >= 15 is 0 Å². The fraction of sp³-hybridized carbons (Fsp3) is 0.500. The van der Waals surface area contributed by atoms with Gasteiger partial charge in [0.1, 0.15) is 12.4 Å². The van der Waals surface area contributed by atoms with Gasteiger partial charge in [-0.2, -0.15) is 0 Å². The summed E-state index contributed by atoms with van der Waals surface area (Å²) in [5.74, 6) is 0.954. The molecule has 1 aromatic rings. The van der Waals surface area contributed by atoms with Crippen molar-refractivity contribution in [2.75, 3.05) is 37.3 Å². The number of hydrogen-bond acceptors (Lipinski definition) is 3. The molecule has 0 aromatic carbocycles. The molecule has 0 unspecified atom stereocenters. The van der Waals surface area contributed by atoms with Crippen molar-refractivity contribution >= 4 is 5.95 Å². The maximum atomic E-state index is 3.05. The summed E-state index contributed by atoms with van der Waals surface area (Å²) in [5, 5.41) is 3.05. The standard InChI is InChI=1S/C6H13N5/c1-7-6-10(8-2)4-5-11(6)9-3/h4-5,8-9H,1-3H3/p+1. The number of aromatic nitrogens is 2. The van der Waals surface area contributed by atoms with E-state index < -0.39 is 0 Å². The highest BCUT2D eigenvalue weighted by Crippen LogP contribution is 1.94. The van der Waals surface area contributed by atoms with Gasteiger partial charge in [-0.15, -0.1) is 9.35 Å². The number of anilines is 1. The second-order valence-corrected chi connectivity index (χ2v) is 2.06. The molecule has 0 aliphatic heterocycles. The summed E-state index contributed by atoms with van der Waals surface area (Å²) in [7, 11) is 5.60. The first-order valence-corrected chi connectivity index (χ1v) is 3.49. The number of imidazole rings is 1. The molecule has 0 saturated heterocycles. The zero-order chi connectivity index (χ0) is 8.27. The molecule has 3 N–H and O–H groups in total. The lowest BCUT2D eigenvalue weighted by Crippen LogP contribution is -2.44. The van der Waals surface area contributed by atoms with Crippen molar-refractivity contribution < 1.29 is 4.68 Å². The van der Waals surface area contributed by atoms with Gasteiger partial charge in [-0.1, -0.05) is 0 Å². The van der Waals surface area contributed by atoms with Gasteiger partial charge in [0, 0.05) is 14.1 Å². The number of nitrogens with zero attached hydrogens (tertiary/aromatic N) is 2. The molecule has 11 heavy (non-hydrogen) atoms. The van der Waals surface area contributed by atoms with Gasteiger partial charge in [-0.25, -0.2) is 0 Å². The average Bonchev–Trinajstić information content (AvgIpc) is 2.45. The third kappa shape index (κ3) is 1.21. The molecular formula is C6H14N5+. The van der Waals surface area contributed by atoms with E-state index in [9.17, 15) is 0 Å². The van der Waals surface area contributed by atoms with E-state index in [4.69, 9.17) is 0 Å². The van der Waals surface area contributed by atoms with Crippen molar-refractivity contribution in [3.63, 3.8) is 0 Å². The van der Waals surface area contributed by atoms with Crippen molar-refractivity contribution in [2.24, 2.45) is 0 Å². The van der Waals surface area contributed by atoms with Crippen LogP contribution in [0.15, 0.2) is 12.4 Å². The molecule has 0 amide bonds. The highest BCUT2D eigenvalue weighted by Gasteiger charge is 2.11. The molecule has 1 rings (SSSR count). The van der Waals surface area contributed by atoms with Gasteiger partial charge in [0.2, 0.25) is 0 Å². The number of rotatable bonds is 3. The predicted octanol–water partition coefficient (Wildman–Crippen LogP) is -0.836. The SMILES string of the molecule is CNc1n(NC)cc[n+]1NC. The predicted molar refractivity (Wildman–Crippen MR) is 44.7 cm³/mol. The van der Waals surface area contributed by atoms with Gasteiger partial charge in [0.15, 0.2) is 0 Å². The first-order valence-electron chi connectivity index (χ1n) is 3.49. The van der Waals surface area contributed by atoms with Crippen LogP contribution in [0, 0.1) is 0 Å². The normalized spacial score (nSPS) is 9.36. The first-order chi connectivity index (χ1) is 5.33. The maximum Gasteiger partial charge on any atom is 0.401 e. The number of hydrogen-bond donors (Lipinski definition) is 3. The van der Waals surface area contributed by atoms with Crippen molar-refractivity contribution in [1.82, 2.24) is 4.68 Å². The Labute approximate surface area is 66.0 Å². The van der Waals surface area contributed by atoms with Gasteiger partial charge in [0.05, 0.1) is 7.05 Å². The molecule has 1 heterocycles. The monoisotopic (exact) mass is 156 g/mol. The fourth-order valence-electron chi connectivity index (χ4n) is 0.992. The topological polar surface area (TPSA) is 44.9 Å². The summed E-state index contributed by atoms with van der Waals surface area (Å²) >= 11 is 0. The minimum atomic E-state index is 0.954. The molecule has 5 heteroatoms. The average molecular weight is 156 g/mol. The maximum absolute atomic E-state index is 3.05. The van der Waals surface area contributed by atoms with Crippen LogP contribution < -0.4 is 20.8 Å². The Hall–Kier alpha value is -1.39. The summed E-state index contributed by atoms with van der Waals surface area (Å²) < 4.78 is 3.74. The minimum Gasteiger partial charge on any atom is -0.279 e. The molecule has 5 nitrogen and oxygen atoms in total. The molecule has 0 bridgehead atoms. The zero-order valence-electron chi connectivity index (χ0n) is 7.05. The largest absolute Gasteiger partial charge is 0.401 e. The van der Waals surface area contributed by atoms with E-state index in [1.165, 1.54) is 0 Å². The highest BCUT2D eigenvalue weighted by atomic mass is 15.5. The lowest BCUT2D eigenvalue weighted by atomic mass is 10.9. The highest BCUT2D eigenvalue weighted by molar-refractivity contribution is 5.18. The van der Waals surface area contributed by atoms with Crippen LogP contribution in [0.25, 0.3) is 0 Å². The number of nitrogens with one attached hydrogen (secondary N) is 3. The third-order valence-corrected chi connectivity index (χ3v) is 1.53.